The zero-order valence-electron chi connectivity index (χ0n) is 10.2. The van der Waals surface area contributed by atoms with Crippen molar-refractivity contribution in [1.82, 2.24) is 0 Å². The molecule has 3 heteroatoms. The molecule has 1 N–H and O–H groups in total. The first-order valence-corrected chi connectivity index (χ1v) is 6.27. The predicted molar refractivity (Wildman–Crippen MR) is 75.5 cm³/mol. The average molecular weight is 251 g/mol. The maximum absolute atomic E-state index is 4.61. The number of aryl methyl sites for hydroxylation is 1. The smallest absolute Gasteiger partial charge is 0.101 e. The topological polar surface area (TPSA) is 24.4 Å². The third-order valence-electron chi connectivity index (χ3n) is 3.60. The summed E-state index contributed by atoms with van der Waals surface area (Å²) in [6.45, 7) is 2.18. The number of hydrogen-bond donors (Lipinski definition) is 1. The van der Waals surface area contributed by atoms with Gasteiger partial charge < -0.3 is 5.32 Å². The van der Waals surface area contributed by atoms with E-state index < -0.39 is 0 Å². The molecule has 0 bridgehead atoms. The minimum Gasteiger partial charge on any atom is -0.344 e. The molecule has 1 aromatic rings. The fraction of sp³-hybridized carbons (Fsp3) is 0.500. The first-order chi connectivity index (χ1) is 7.83. The zero-order valence-corrected chi connectivity index (χ0v) is 11.0. The number of rotatable bonds is 1. The number of fused-ring (bicyclic) bond motifs is 1. The second kappa shape index (κ2) is 5.09. The van der Waals surface area contributed by atoms with E-state index in [9.17, 15) is 0 Å². The Balaban J connectivity index is 0.00000108. The molecule has 1 aliphatic heterocycles. The third kappa shape index (κ3) is 2.47. The maximum Gasteiger partial charge on any atom is 0.101 e. The number of halogens is 1. The number of aliphatic imine (C=N–C) groups is 1. The quantitative estimate of drug-likeness (QED) is 0.809. The molecule has 0 spiro atoms. The lowest BCUT2D eigenvalue weighted by Crippen LogP contribution is -2.10. The van der Waals surface area contributed by atoms with Crippen LogP contribution in [0.1, 0.15) is 37.3 Å². The predicted octanol–water partition coefficient (Wildman–Crippen LogP) is 3.59. The largest absolute Gasteiger partial charge is 0.344 e. The van der Waals surface area contributed by atoms with E-state index in [1.54, 1.807) is 0 Å². The Bertz CT molecular complexity index is 440. The highest BCUT2D eigenvalue weighted by atomic mass is 35.5. The molecule has 0 saturated carbocycles. The van der Waals surface area contributed by atoms with Crippen molar-refractivity contribution in [3.05, 3.63) is 29.3 Å². The fourth-order valence-corrected chi connectivity index (χ4v) is 2.73. The summed E-state index contributed by atoms with van der Waals surface area (Å²) in [6.07, 6.45) is 6.06. The number of benzene rings is 1. The Morgan fingerprint density at radius 1 is 1.24 bits per heavy atom. The number of anilines is 1. The normalized spacial score (nSPS) is 21.7. The van der Waals surface area contributed by atoms with E-state index in [1.807, 2.05) is 0 Å². The number of amidine groups is 1. The number of nitrogens with one attached hydrogen (secondary N) is 1. The Kier molecular flexibility index (Phi) is 3.72. The van der Waals surface area contributed by atoms with Gasteiger partial charge in [0, 0.05) is 18.2 Å². The molecule has 2 aliphatic rings. The second-order valence-electron chi connectivity index (χ2n) is 4.89. The lowest BCUT2D eigenvalue weighted by molar-refractivity contribution is 0.739. The molecule has 3 rings (SSSR count). The first kappa shape index (κ1) is 12.4. The number of nitrogens with zero attached hydrogens (tertiary/aromatic N) is 1. The molecule has 17 heavy (non-hydrogen) atoms. The Morgan fingerprint density at radius 2 is 2.12 bits per heavy atom. The molecule has 2 nitrogen and oxygen atoms in total. The molecule has 1 heterocycles. The summed E-state index contributed by atoms with van der Waals surface area (Å²) in [6, 6.07) is 7.10. The molecular formula is C14H19ClN2. The van der Waals surface area contributed by atoms with Crippen molar-refractivity contribution < 1.29 is 0 Å². The number of hydrogen-bond acceptors (Lipinski definition) is 2. The molecular weight excluding hydrogens is 232 g/mol. The lowest BCUT2D eigenvalue weighted by Gasteiger charge is -2.10. The zero-order chi connectivity index (χ0) is 11.0. The Morgan fingerprint density at radius 3 is 2.88 bits per heavy atom. The highest BCUT2D eigenvalue weighted by Crippen LogP contribution is 2.29. The van der Waals surface area contributed by atoms with E-state index >= 15 is 0 Å². The van der Waals surface area contributed by atoms with Crippen molar-refractivity contribution in [1.29, 1.82) is 0 Å². The van der Waals surface area contributed by atoms with Crippen LogP contribution in [0.2, 0.25) is 0 Å². The summed E-state index contributed by atoms with van der Waals surface area (Å²) in [4.78, 5) is 4.61. The van der Waals surface area contributed by atoms with Gasteiger partial charge in [-0.1, -0.05) is 12.1 Å². The molecule has 0 radical (unpaired) electrons. The molecule has 1 atom stereocenters. The Hall–Kier alpha value is -1.02. The van der Waals surface area contributed by atoms with Crippen LogP contribution >= 0.6 is 12.4 Å². The van der Waals surface area contributed by atoms with Crippen LogP contribution in [0.5, 0.6) is 0 Å². The van der Waals surface area contributed by atoms with E-state index in [0.717, 1.165) is 6.42 Å². The average Bonchev–Trinajstić information content (AvgIpc) is 2.87. The first-order valence-electron chi connectivity index (χ1n) is 6.27. The third-order valence-corrected chi connectivity index (χ3v) is 3.60. The summed E-state index contributed by atoms with van der Waals surface area (Å²) in [5.74, 6) is 1.17. The van der Waals surface area contributed by atoms with Gasteiger partial charge in [-0.3, -0.25) is 4.99 Å². The van der Waals surface area contributed by atoms with Crippen LogP contribution in [-0.2, 0) is 12.8 Å². The summed E-state index contributed by atoms with van der Waals surface area (Å²) >= 11 is 0. The van der Waals surface area contributed by atoms with Crippen LogP contribution in [0.25, 0.3) is 0 Å². The van der Waals surface area contributed by atoms with Crippen molar-refractivity contribution >= 4 is 23.9 Å². The molecule has 0 saturated heterocycles. The van der Waals surface area contributed by atoms with E-state index in [0.29, 0.717) is 6.04 Å². The monoisotopic (exact) mass is 250 g/mol. The van der Waals surface area contributed by atoms with Crippen molar-refractivity contribution in [3.63, 3.8) is 0 Å². The minimum atomic E-state index is 0. The molecule has 0 aromatic heterocycles. The van der Waals surface area contributed by atoms with Crippen LogP contribution in [-0.4, -0.2) is 11.9 Å². The summed E-state index contributed by atoms with van der Waals surface area (Å²) in [7, 11) is 0. The molecule has 1 aliphatic carbocycles. The van der Waals surface area contributed by atoms with Crippen LogP contribution in [0.15, 0.2) is 23.2 Å². The van der Waals surface area contributed by atoms with Crippen LogP contribution in [0.3, 0.4) is 0 Å². The van der Waals surface area contributed by atoms with Gasteiger partial charge in [-0.2, -0.15) is 0 Å². The van der Waals surface area contributed by atoms with Crippen LogP contribution in [0.4, 0.5) is 5.69 Å². The molecule has 92 valence electrons. The maximum atomic E-state index is 4.61. The van der Waals surface area contributed by atoms with E-state index in [2.05, 4.69) is 35.4 Å². The van der Waals surface area contributed by atoms with E-state index in [-0.39, 0.29) is 12.4 Å². The standard InChI is InChI=1S/C14H18N2.ClH/c1-10-8-9-14(15-10)16-13-7-3-5-11-4-2-6-12(11)13;/h3,5,7,10H,2,4,6,8-9H2,1H3,(H,15,16);1H. The van der Waals surface area contributed by atoms with Gasteiger partial charge in [0.05, 0.1) is 0 Å². The van der Waals surface area contributed by atoms with Crippen LogP contribution in [0, 0.1) is 0 Å². The van der Waals surface area contributed by atoms with E-state index in [1.165, 1.54) is 48.3 Å². The van der Waals surface area contributed by atoms with Crippen molar-refractivity contribution in [2.45, 2.75) is 45.1 Å². The van der Waals surface area contributed by atoms with Gasteiger partial charge in [0.1, 0.15) is 5.84 Å². The van der Waals surface area contributed by atoms with Crippen molar-refractivity contribution in [2.75, 3.05) is 5.32 Å². The van der Waals surface area contributed by atoms with Gasteiger partial charge >= 0.3 is 0 Å². The molecule has 1 unspecified atom stereocenters. The van der Waals surface area contributed by atoms with Gasteiger partial charge in [-0.05, 0) is 49.8 Å². The van der Waals surface area contributed by atoms with Gasteiger partial charge in [0.2, 0.25) is 0 Å². The van der Waals surface area contributed by atoms with Gasteiger partial charge in [0.25, 0.3) is 0 Å². The summed E-state index contributed by atoms with van der Waals surface area (Å²) in [5, 5.41) is 3.52. The summed E-state index contributed by atoms with van der Waals surface area (Å²) in [5.41, 5.74) is 4.34. The fourth-order valence-electron chi connectivity index (χ4n) is 2.73. The summed E-state index contributed by atoms with van der Waals surface area (Å²) < 4.78 is 0. The Labute approximate surface area is 109 Å². The van der Waals surface area contributed by atoms with Crippen molar-refractivity contribution in [2.24, 2.45) is 4.99 Å². The van der Waals surface area contributed by atoms with Gasteiger partial charge in [-0.15, -0.1) is 12.4 Å². The second-order valence-corrected chi connectivity index (χ2v) is 4.89. The van der Waals surface area contributed by atoms with Gasteiger partial charge in [0.15, 0.2) is 0 Å². The lowest BCUT2D eigenvalue weighted by atomic mass is 10.1. The van der Waals surface area contributed by atoms with Crippen molar-refractivity contribution in [3.8, 4) is 0 Å². The molecule has 1 aromatic carbocycles. The highest BCUT2D eigenvalue weighted by molar-refractivity contribution is 5.97. The van der Waals surface area contributed by atoms with Crippen LogP contribution < -0.4 is 5.32 Å². The SMILES string of the molecule is CC1CCC(Nc2cccc3c2CCC3)=N1.Cl. The van der Waals surface area contributed by atoms with Gasteiger partial charge in [-0.25, -0.2) is 0 Å². The molecule has 0 amide bonds. The van der Waals surface area contributed by atoms with E-state index in [4.69, 9.17) is 0 Å². The minimum absolute atomic E-state index is 0. The highest BCUT2D eigenvalue weighted by Gasteiger charge is 2.17. The molecule has 0 fully saturated rings.